The van der Waals surface area contributed by atoms with Gasteiger partial charge in [0, 0.05) is 20.1 Å². The third kappa shape index (κ3) is 3.96. The summed E-state index contributed by atoms with van der Waals surface area (Å²) in [7, 11) is 1.76. The van der Waals surface area contributed by atoms with Crippen LogP contribution in [0.1, 0.15) is 19.4 Å². The minimum Gasteiger partial charge on any atom is -0.345 e. The largest absolute Gasteiger partial charge is 0.345 e. The van der Waals surface area contributed by atoms with Gasteiger partial charge < -0.3 is 10.2 Å². The molecule has 0 aliphatic rings. The van der Waals surface area contributed by atoms with Crippen LogP contribution in [0.4, 0.5) is 4.39 Å². The van der Waals surface area contributed by atoms with Gasteiger partial charge in [0.05, 0.1) is 11.1 Å². The van der Waals surface area contributed by atoms with E-state index in [-0.39, 0.29) is 17.0 Å². The first-order valence-corrected chi connectivity index (χ1v) is 6.25. The fourth-order valence-electron chi connectivity index (χ4n) is 1.49. The Morgan fingerprint density at radius 1 is 1.56 bits per heavy atom. The molecule has 1 N–H and O–H groups in total. The number of amides is 1. The SMILES string of the molecule is CCN(C)C(=O)C(C)NCc1ccc(F)c(Cl)c1. The summed E-state index contributed by atoms with van der Waals surface area (Å²) in [5, 5.41) is 3.18. The van der Waals surface area contributed by atoms with Crippen LogP contribution < -0.4 is 5.32 Å². The fourth-order valence-corrected chi connectivity index (χ4v) is 1.70. The maximum Gasteiger partial charge on any atom is 0.239 e. The van der Waals surface area contributed by atoms with E-state index >= 15 is 0 Å². The highest BCUT2D eigenvalue weighted by molar-refractivity contribution is 6.30. The number of hydrogen-bond acceptors (Lipinski definition) is 2. The molecular formula is C13H18ClFN2O. The maximum absolute atomic E-state index is 13.0. The summed E-state index contributed by atoms with van der Waals surface area (Å²) in [6.07, 6.45) is 0. The van der Waals surface area contributed by atoms with E-state index in [1.54, 1.807) is 31.0 Å². The van der Waals surface area contributed by atoms with Crippen LogP contribution in [0, 0.1) is 5.82 Å². The number of likely N-dealkylation sites (N-methyl/N-ethyl adjacent to an activating group) is 1. The third-order valence-electron chi connectivity index (χ3n) is 2.82. The number of nitrogens with zero attached hydrogens (tertiary/aromatic N) is 1. The average molecular weight is 273 g/mol. The number of benzene rings is 1. The molecule has 5 heteroatoms. The Hall–Kier alpha value is -1.13. The second-order valence-electron chi connectivity index (χ2n) is 4.20. The lowest BCUT2D eigenvalue weighted by molar-refractivity contribution is -0.131. The molecule has 1 atom stereocenters. The highest BCUT2D eigenvalue weighted by atomic mass is 35.5. The summed E-state index contributed by atoms with van der Waals surface area (Å²) in [4.78, 5) is 13.4. The van der Waals surface area contributed by atoms with E-state index in [0.29, 0.717) is 13.1 Å². The molecule has 3 nitrogen and oxygen atoms in total. The van der Waals surface area contributed by atoms with E-state index in [1.807, 2.05) is 6.92 Å². The molecule has 18 heavy (non-hydrogen) atoms. The Bertz CT molecular complexity index is 425. The van der Waals surface area contributed by atoms with Gasteiger partial charge in [0.2, 0.25) is 5.91 Å². The average Bonchev–Trinajstić information content (AvgIpc) is 2.37. The van der Waals surface area contributed by atoms with Gasteiger partial charge in [0.1, 0.15) is 5.82 Å². The molecule has 1 aromatic carbocycles. The van der Waals surface area contributed by atoms with Crippen LogP contribution in [-0.2, 0) is 11.3 Å². The van der Waals surface area contributed by atoms with Gasteiger partial charge in [-0.05, 0) is 31.5 Å². The molecule has 0 aliphatic heterocycles. The molecule has 1 unspecified atom stereocenters. The van der Waals surface area contributed by atoms with Gasteiger partial charge in [-0.3, -0.25) is 4.79 Å². The van der Waals surface area contributed by atoms with Crippen molar-refractivity contribution in [2.45, 2.75) is 26.4 Å². The summed E-state index contributed by atoms with van der Waals surface area (Å²) >= 11 is 5.69. The monoisotopic (exact) mass is 272 g/mol. The smallest absolute Gasteiger partial charge is 0.239 e. The molecule has 0 radical (unpaired) electrons. The van der Waals surface area contributed by atoms with E-state index in [2.05, 4.69) is 5.32 Å². The van der Waals surface area contributed by atoms with E-state index in [4.69, 9.17) is 11.6 Å². The second-order valence-corrected chi connectivity index (χ2v) is 4.61. The fraction of sp³-hybridized carbons (Fsp3) is 0.462. The van der Waals surface area contributed by atoms with Gasteiger partial charge >= 0.3 is 0 Å². The Kier molecular flexibility index (Phi) is 5.56. The second kappa shape index (κ2) is 6.71. The van der Waals surface area contributed by atoms with Crippen molar-refractivity contribution in [2.75, 3.05) is 13.6 Å². The topological polar surface area (TPSA) is 32.3 Å². The van der Waals surface area contributed by atoms with Crippen LogP contribution in [-0.4, -0.2) is 30.4 Å². The normalized spacial score (nSPS) is 12.3. The van der Waals surface area contributed by atoms with E-state index in [0.717, 1.165) is 5.56 Å². The molecular weight excluding hydrogens is 255 g/mol. The highest BCUT2D eigenvalue weighted by Crippen LogP contribution is 2.15. The van der Waals surface area contributed by atoms with Crippen LogP contribution in [0.25, 0.3) is 0 Å². The number of carbonyl (C=O) groups excluding carboxylic acids is 1. The third-order valence-corrected chi connectivity index (χ3v) is 3.11. The molecule has 0 saturated heterocycles. The standard InChI is InChI=1S/C13H18ClFN2O/c1-4-17(3)13(18)9(2)16-8-10-5-6-12(15)11(14)7-10/h5-7,9,16H,4,8H2,1-3H3. The van der Waals surface area contributed by atoms with Crippen molar-refractivity contribution in [3.05, 3.63) is 34.6 Å². The molecule has 0 aliphatic carbocycles. The van der Waals surface area contributed by atoms with Crippen molar-refractivity contribution >= 4 is 17.5 Å². The molecule has 1 aromatic rings. The molecule has 1 rings (SSSR count). The quantitative estimate of drug-likeness (QED) is 0.893. The molecule has 0 saturated carbocycles. The van der Waals surface area contributed by atoms with E-state index in [9.17, 15) is 9.18 Å². The van der Waals surface area contributed by atoms with Crippen molar-refractivity contribution in [2.24, 2.45) is 0 Å². The maximum atomic E-state index is 13.0. The summed E-state index contributed by atoms with van der Waals surface area (Å²) < 4.78 is 13.0. The zero-order chi connectivity index (χ0) is 13.7. The molecule has 100 valence electrons. The molecule has 0 bridgehead atoms. The lowest BCUT2D eigenvalue weighted by Crippen LogP contribution is -2.42. The Labute approximate surface area is 112 Å². The van der Waals surface area contributed by atoms with E-state index < -0.39 is 5.82 Å². The van der Waals surface area contributed by atoms with Crippen molar-refractivity contribution in [3.8, 4) is 0 Å². The predicted octanol–water partition coefficient (Wildman–Crippen LogP) is 2.44. The van der Waals surface area contributed by atoms with Crippen LogP contribution in [0.3, 0.4) is 0 Å². The Morgan fingerprint density at radius 3 is 2.78 bits per heavy atom. The van der Waals surface area contributed by atoms with Crippen molar-refractivity contribution < 1.29 is 9.18 Å². The number of nitrogens with one attached hydrogen (secondary N) is 1. The van der Waals surface area contributed by atoms with Gasteiger partial charge in [0.25, 0.3) is 0 Å². The highest BCUT2D eigenvalue weighted by Gasteiger charge is 2.15. The van der Waals surface area contributed by atoms with Gasteiger partial charge in [0.15, 0.2) is 0 Å². The van der Waals surface area contributed by atoms with E-state index in [1.165, 1.54) is 6.07 Å². The number of rotatable bonds is 5. The number of hydrogen-bond donors (Lipinski definition) is 1. The van der Waals surface area contributed by atoms with Crippen LogP contribution in [0.5, 0.6) is 0 Å². The zero-order valence-corrected chi connectivity index (χ0v) is 11.6. The van der Waals surface area contributed by atoms with Crippen LogP contribution in [0.2, 0.25) is 5.02 Å². The first-order chi connectivity index (χ1) is 8.45. The molecule has 0 aromatic heterocycles. The summed E-state index contributed by atoms with van der Waals surface area (Å²) in [6.45, 7) is 4.88. The first kappa shape index (κ1) is 14.9. The van der Waals surface area contributed by atoms with Crippen LogP contribution in [0.15, 0.2) is 18.2 Å². The summed E-state index contributed by atoms with van der Waals surface area (Å²) in [5.74, 6) is -0.402. The Balaban J connectivity index is 2.54. The van der Waals surface area contributed by atoms with Gasteiger partial charge in [-0.25, -0.2) is 4.39 Å². The molecule has 1 amide bonds. The van der Waals surface area contributed by atoms with Crippen molar-refractivity contribution in [3.63, 3.8) is 0 Å². The zero-order valence-electron chi connectivity index (χ0n) is 10.8. The molecule has 0 heterocycles. The van der Waals surface area contributed by atoms with Crippen molar-refractivity contribution in [1.82, 2.24) is 10.2 Å². The lowest BCUT2D eigenvalue weighted by atomic mass is 10.2. The van der Waals surface area contributed by atoms with Crippen LogP contribution >= 0.6 is 11.6 Å². The summed E-state index contributed by atoms with van der Waals surface area (Å²) in [6, 6.07) is 4.25. The van der Waals surface area contributed by atoms with Gasteiger partial charge in [-0.2, -0.15) is 0 Å². The predicted molar refractivity (Wildman–Crippen MR) is 71.0 cm³/mol. The summed E-state index contributed by atoms with van der Waals surface area (Å²) in [5.41, 5.74) is 0.847. The lowest BCUT2D eigenvalue weighted by Gasteiger charge is -2.20. The number of halogens is 2. The van der Waals surface area contributed by atoms with Gasteiger partial charge in [-0.15, -0.1) is 0 Å². The molecule has 0 spiro atoms. The Morgan fingerprint density at radius 2 is 2.22 bits per heavy atom. The first-order valence-electron chi connectivity index (χ1n) is 5.88. The molecule has 0 fully saturated rings. The number of carbonyl (C=O) groups is 1. The minimum absolute atomic E-state index is 0.0331. The van der Waals surface area contributed by atoms with Gasteiger partial charge in [-0.1, -0.05) is 17.7 Å². The minimum atomic E-state index is -0.435. The van der Waals surface area contributed by atoms with Crippen molar-refractivity contribution in [1.29, 1.82) is 0 Å².